The highest BCUT2D eigenvalue weighted by Crippen LogP contribution is 2.41. The van der Waals surface area contributed by atoms with E-state index in [2.05, 4.69) is 10.1 Å². The Morgan fingerprint density at radius 1 is 1.43 bits per heavy atom. The standard InChI is InChI=1S/C16H19N3O2/c1-11(2)19-14(17-10-18-19)9-16(15(20)21)8-7-12-5-3-4-6-13(12)16/h3-6,10-11H,7-9H2,1-2H3,(H,20,21). The minimum absolute atomic E-state index is 0.171. The molecule has 110 valence electrons. The number of rotatable bonds is 4. The summed E-state index contributed by atoms with van der Waals surface area (Å²) in [7, 11) is 0. The number of benzene rings is 1. The van der Waals surface area contributed by atoms with Crippen molar-refractivity contribution in [2.45, 2.75) is 44.6 Å². The van der Waals surface area contributed by atoms with Gasteiger partial charge in [-0.1, -0.05) is 24.3 Å². The summed E-state index contributed by atoms with van der Waals surface area (Å²) < 4.78 is 1.81. The topological polar surface area (TPSA) is 68.0 Å². The van der Waals surface area contributed by atoms with Crippen LogP contribution in [-0.2, 0) is 23.1 Å². The summed E-state index contributed by atoms with van der Waals surface area (Å²) in [5.74, 6) is -0.0325. The number of aromatic nitrogens is 3. The molecule has 1 N–H and O–H groups in total. The Morgan fingerprint density at radius 2 is 2.19 bits per heavy atom. The fourth-order valence-electron chi connectivity index (χ4n) is 3.27. The molecule has 0 saturated carbocycles. The van der Waals surface area contributed by atoms with Crippen LogP contribution >= 0.6 is 0 Å². The van der Waals surface area contributed by atoms with E-state index in [-0.39, 0.29) is 6.04 Å². The van der Waals surface area contributed by atoms with Crippen LogP contribution in [0.25, 0.3) is 0 Å². The number of aliphatic carboxylic acids is 1. The monoisotopic (exact) mass is 285 g/mol. The van der Waals surface area contributed by atoms with Crippen molar-refractivity contribution >= 4 is 5.97 Å². The molecule has 1 atom stereocenters. The van der Waals surface area contributed by atoms with Crippen LogP contribution < -0.4 is 0 Å². The van der Waals surface area contributed by atoms with Crippen molar-refractivity contribution < 1.29 is 9.90 Å². The molecule has 0 spiro atoms. The number of nitrogens with zero attached hydrogens (tertiary/aromatic N) is 3. The molecule has 0 radical (unpaired) electrons. The maximum atomic E-state index is 12.0. The number of hydrogen-bond donors (Lipinski definition) is 1. The van der Waals surface area contributed by atoms with Crippen LogP contribution in [0.3, 0.4) is 0 Å². The second-order valence-electron chi connectivity index (χ2n) is 5.94. The largest absolute Gasteiger partial charge is 0.481 e. The van der Waals surface area contributed by atoms with Gasteiger partial charge in [0.05, 0.1) is 0 Å². The lowest BCUT2D eigenvalue weighted by Gasteiger charge is -2.25. The Balaban J connectivity index is 2.05. The number of hydrogen-bond acceptors (Lipinski definition) is 3. The fourth-order valence-corrected chi connectivity index (χ4v) is 3.27. The van der Waals surface area contributed by atoms with Gasteiger partial charge in [0.15, 0.2) is 0 Å². The summed E-state index contributed by atoms with van der Waals surface area (Å²) in [5, 5.41) is 14.1. The van der Waals surface area contributed by atoms with E-state index in [0.717, 1.165) is 23.4 Å². The van der Waals surface area contributed by atoms with Gasteiger partial charge in [-0.05, 0) is 37.8 Å². The van der Waals surface area contributed by atoms with Crippen LogP contribution in [-0.4, -0.2) is 25.8 Å². The summed E-state index contributed by atoms with van der Waals surface area (Å²) >= 11 is 0. The van der Waals surface area contributed by atoms with Crippen LogP contribution in [0.5, 0.6) is 0 Å². The Bertz CT molecular complexity index is 678. The minimum Gasteiger partial charge on any atom is -0.481 e. The van der Waals surface area contributed by atoms with Gasteiger partial charge in [0.2, 0.25) is 0 Å². The predicted octanol–water partition coefficient (Wildman–Crippen LogP) is 2.37. The van der Waals surface area contributed by atoms with E-state index in [1.165, 1.54) is 6.33 Å². The number of carbonyl (C=O) groups is 1. The molecule has 1 aliphatic rings. The number of fused-ring (bicyclic) bond motifs is 1. The van der Waals surface area contributed by atoms with Gasteiger partial charge in [0, 0.05) is 12.5 Å². The maximum Gasteiger partial charge on any atom is 0.314 e. The molecule has 0 saturated heterocycles. The smallest absolute Gasteiger partial charge is 0.314 e. The van der Waals surface area contributed by atoms with Crippen molar-refractivity contribution in [2.75, 3.05) is 0 Å². The van der Waals surface area contributed by atoms with Crippen molar-refractivity contribution in [3.8, 4) is 0 Å². The molecule has 5 nitrogen and oxygen atoms in total. The molecule has 1 unspecified atom stereocenters. The van der Waals surface area contributed by atoms with E-state index in [0.29, 0.717) is 12.8 Å². The average Bonchev–Trinajstić information content (AvgIpc) is 3.05. The van der Waals surface area contributed by atoms with Gasteiger partial charge < -0.3 is 5.11 Å². The first-order valence-corrected chi connectivity index (χ1v) is 7.25. The zero-order chi connectivity index (χ0) is 15.0. The van der Waals surface area contributed by atoms with Crippen molar-refractivity contribution in [1.82, 2.24) is 14.8 Å². The number of carboxylic acid groups (broad SMARTS) is 1. The third-order valence-electron chi connectivity index (χ3n) is 4.36. The van der Waals surface area contributed by atoms with E-state index in [4.69, 9.17) is 0 Å². The van der Waals surface area contributed by atoms with Crippen LogP contribution in [0.15, 0.2) is 30.6 Å². The third-order valence-corrected chi connectivity index (χ3v) is 4.36. The van der Waals surface area contributed by atoms with Crippen LogP contribution in [0, 0.1) is 0 Å². The van der Waals surface area contributed by atoms with Gasteiger partial charge in [-0.2, -0.15) is 5.10 Å². The predicted molar refractivity (Wildman–Crippen MR) is 78.2 cm³/mol. The number of carboxylic acids is 1. The molecule has 0 amide bonds. The molecule has 1 aliphatic carbocycles. The summed E-state index contributed by atoms with van der Waals surface area (Å²) in [6, 6.07) is 8.01. The molecular formula is C16H19N3O2. The van der Waals surface area contributed by atoms with Crippen molar-refractivity contribution in [2.24, 2.45) is 0 Å². The molecule has 0 aliphatic heterocycles. The average molecular weight is 285 g/mol. The van der Waals surface area contributed by atoms with E-state index in [1.54, 1.807) is 0 Å². The first-order chi connectivity index (χ1) is 10.0. The highest BCUT2D eigenvalue weighted by molar-refractivity contribution is 5.83. The van der Waals surface area contributed by atoms with Crippen molar-refractivity contribution in [1.29, 1.82) is 0 Å². The Kier molecular flexibility index (Phi) is 3.27. The molecular weight excluding hydrogens is 266 g/mol. The summed E-state index contributed by atoms with van der Waals surface area (Å²) in [6.45, 7) is 4.04. The fraction of sp³-hybridized carbons (Fsp3) is 0.438. The van der Waals surface area contributed by atoms with Gasteiger partial charge in [-0.3, -0.25) is 4.79 Å². The lowest BCUT2D eigenvalue weighted by molar-refractivity contribution is -0.144. The van der Waals surface area contributed by atoms with E-state index < -0.39 is 11.4 Å². The Hall–Kier alpha value is -2.17. The van der Waals surface area contributed by atoms with Crippen molar-refractivity contribution in [3.63, 3.8) is 0 Å². The Morgan fingerprint density at radius 3 is 2.90 bits per heavy atom. The molecule has 21 heavy (non-hydrogen) atoms. The highest BCUT2D eigenvalue weighted by Gasteiger charge is 2.46. The van der Waals surface area contributed by atoms with Gasteiger partial charge in [0.1, 0.15) is 17.6 Å². The van der Waals surface area contributed by atoms with Crippen LogP contribution in [0.1, 0.15) is 43.3 Å². The normalized spacial score (nSPS) is 20.7. The molecule has 1 aromatic heterocycles. The first-order valence-electron chi connectivity index (χ1n) is 7.25. The zero-order valence-corrected chi connectivity index (χ0v) is 12.3. The molecule has 0 fully saturated rings. The van der Waals surface area contributed by atoms with Gasteiger partial charge in [-0.15, -0.1) is 0 Å². The second-order valence-corrected chi connectivity index (χ2v) is 5.94. The van der Waals surface area contributed by atoms with E-state index in [9.17, 15) is 9.90 Å². The lowest BCUT2D eigenvalue weighted by Crippen LogP contribution is -2.37. The summed E-state index contributed by atoms with van der Waals surface area (Å²) in [4.78, 5) is 16.3. The molecule has 5 heteroatoms. The Labute approximate surface area is 123 Å². The SMILES string of the molecule is CC(C)n1ncnc1CC1(C(=O)O)CCc2ccccc21. The molecule has 2 aromatic rings. The molecule has 1 heterocycles. The molecule has 0 bridgehead atoms. The van der Waals surface area contributed by atoms with Gasteiger partial charge in [-0.25, -0.2) is 9.67 Å². The first kappa shape index (κ1) is 13.8. The second kappa shape index (κ2) is 4.98. The van der Waals surface area contributed by atoms with Gasteiger partial charge in [0.25, 0.3) is 0 Å². The van der Waals surface area contributed by atoms with Gasteiger partial charge >= 0.3 is 5.97 Å². The quantitative estimate of drug-likeness (QED) is 0.936. The molecule has 1 aromatic carbocycles. The molecule has 3 rings (SSSR count). The summed E-state index contributed by atoms with van der Waals surface area (Å²) in [6.07, 6.45) is 3.31. The minimum atomic E-state index is -0.879. The third kappa shape index (κ3) is 2.13. The summed E-state index contributed by atoms with van der Waals surface area (Å²) in [5.41, 5.74) is 1.18. The van der Waals surface area contributed by atoms with Crippen molar-refractivity contribution in [3.05, 3.63) is 47.5 Å². The van der Waals surface area contributed by atoms with Crippen LogP contribution in [0.2, 0.25) is 0 Å². The van der Waals surface area contributed by atoms with E-state index in [1.807, 2.05) is 42.8 Å². The lowest BCUT2D eigenvalue weighted by atomic mass is 9.78. The van der Waals surface area contributed by atoms with E-state index >= 15 is 0 Å². The maximum absolute atomic E-state index is 12.0. The highest BCUT2D eigenvalue weighted by atomic mass is 16.4. The number of aryl methyl sites for hydroxylation is 1. The van der Waals surface area contributed by atoms with Crippen LogP contribution in [0.4, 0.5) is 0 Å². The zero-order valence-electron chi connectivity index (χ0n) is 12.3.